The maximum atomic E-state index is 5.90. The molecule has 1 fully saturated rings. The van der Waals surface area contributed by atoms with Crippen LogP contribution in [0.15, 0.2) is 24.3 Å². The standard InChI is InChI=1S/C17H28N2O2/c1-3-18-13-16-6-4-7-17(12-16)21-11-9-19-8-5-10-20-15(2)14-19/h4,6-7,12,15,18H,3,5,8-11,13-14H2,1-2H3. The molecule has 1 saturated heterocycles. The van der Waals surface area contributed by atoms with E-state index in [-0.39, 0.29) is 0 Å². The summed E-state index contributed by atoms with van der Waals surface area (Å²) in [4.78, 5) is 2.43. The minimum absolute atomic E-state index is 0.330. The van der Waals surface area contributed by atoms with E-state index in [4.69, 9.17) is 9.47 Å². The Labute approximate surface area is 128 Å². The number of hydrogen-bond acceptors (Lipinski definition) is 4. The van der Waals surface area contributed by atoms with Gasteiger partial charge in [-0.2, -0.15) is 0 Å². The summed E-state index contributed by atoms with van der Waals surface area (Å²) < 4.78 is 11.6. The molecule has 0 aliphatic carbocycles. The molecule has 1 aromatic carbocycles. The van der Waals surface area contributed by atoms with Gasteiger partial charge in [0.1, 0.15) is 12.4 Å². The van der Waals surface area contributed by atoms with Gasteiger partial charge in [0.15, 0.2) is 0 Å². The van der Waals surface area contributed by atoms with Crippen molar-refractivity contribution in [2.24, 2.45) is 0 Å². The molecule has 1 aliphatic heterocycles. The molecule has 1 atom stereocenters. The predicted molar refractivity (Wildman–Crippen MR) is 85.8 cm³/mol. The minimum Gasteiger partial charge on any atom is -0.492 e. The maximum Gasteiger partial charge on any atom is 0.119 e. The van der Waals surface area contributed by atoms with Crippen LogP contribution in [0, 0.1) is 0 Å². The van der Waals surface area contributed by atoms with E-state index < -0.39 is 0 Å². The van der Waals surface area contributed by atoms with Crippen molar-refractivity contribution in [3.05, 3.63) is 29.8 Å². The number of hydrogen-bond donors (Lipinski definition) is 1. The maximum absolute atomic E-state index is 5.90. The van der Waals surface area contributed by atoms with Gasteiger partial charge < -0.3 is 14.8 Å². The van der Waals surface area contributed by atoms with E-state index in [1.54, 1.807) is 0 Å². The van der Waals surface area contributed by atoms with E-state index >= 15 is 0 Å². The van der Waals surface area contributed by atoms with E-state index in [1.165, 1.54) is 5.56 Å². The fourth-order valence-corrected chi connectivity index (χ4v) is 2.59. The zero-order valence-electron chi connectivity index (χ0n) is 13.3. The highest BCUT2D eigenvalue weighted by molar-refractivity contribution is 5.28. The Hall–Kier alpha value is -1.10. The highest BCUT2D eigenvalue weighted by Crippen LogP contribution is 2.13. The Morgan fingerprint density at radius 3 is 3.19 bits per heavy atom. The van der Waals surface area contributed by atoms with Crippen LogP contribution in [-0.2, 0) is 11.3 Å². The average molecular weight is 292 g/mol. The summed E-state index contributed by atoms with van der Waals surface area (Å²) in [5.41, 5.74) is 1.27. The second kappa shape index (κ2) is 9.03. The van der Waals surface area contributed by atoms with Crippen molar-refractivity contribution >= 4 is 0 Å². The second-order valence-electron chi connectivity index (χ2n) is 5.61. The third kappa shape index (κ3) is 6.04. The molecule has 0 saturated carbocycles. The Kier molecular flexibility index (Phi) is 7.00. The van der Waals surface area contributed by atoms with Crippen LogP contribution in [-0.4, -0.2) is 50.4 Å². The molecular weight excluding hydrogens is 264 g/mol. The highest BCUT2D eigenvalue weighted by atomic mass is 16.5. The van der Waals surface area contributed by atoms with Gasteiger partial charge in [0, 0.05) is 32.8 Å². The molecule has 1 unspecified atom stereocenters. The lowest BCUT2D eigenvalue weighted by Gasteiger charge is -2.21. The quantitative estimate of drug-likeness (QED) is 0.836. The van der Waals surface area contributed by atoms with Crippen LogP contribution in [0.5, 0.6) is 5.75 Å². The average Bonchev–Trinajstić information content (AvgIpc) is 2.70. The van der Waals surface area contributed by atoms with Crippen LogP contribution in [0.25, 0.3) is 0 Å². The van der Waals surface area contributed by atoms with Crippen molar-refractivity contribution in [2.75, 3.05) is 39.4 Å². The molecule has 118 valence electrons. The van der Waals surface area contributed by atoms with Crippen LogP contribution in [0.4, 0.5) is 0 Å². The van der Waals surface area contributed by atoms with Crippen molar-refractivity contribution < 1.29 is 9.47 Å². The van der Waals surface area contributed by atoms with Gasteiger partial charge in [0.2, 0.25) is 0 Å². The summed E-state index contributed by atoms with van der Waals surface area (Å²) >= 11 is 0. The Morgan fingerprint density at radius 1 is 1.43 bits per heavy atom. The second-order valence-corrected chi connectivity index (χ2v) is 5.61. The summed E-state index contributed by atoms with van der Waals surface area (Å²) in [5.74, 6) is 0.963. The number of benzene rings is 1. The topological polar surface area (TPSA) is 33.7 Å². The van der Waals surface area contributed by atoms with E-state index in [1.807, 2.05) is 6.07 Å². The van der Waals surface area contributed by atoms with Crippen molar-refractivity contribution in [2.45, 2.75) is 32.9 Å². The first-order chi connectivity index (χ1) is 10.3. The summed E-state index contributed by atoms with van der Waals surface area (Å²) in [5, 5.41) is 3.33. The third-order valence-corrected chi connectivity index (χ3v) is 3.69. The number of nitrogens with one attached hydrogen (secondary N) is 1. The van der Waals surface area contributed by atoms with Crippen LogP contribution in [0.3, 0.4) is 0 Å². The third-order valence-electron chi connectivity index (χ3n) is 3.69. The van der Waals surface area contributed by atoms with Crippen LogP contribution < -0.4 is 10.1 Å². The lowest BCUT2D eigenvalue weighted by molar-refractivity contribution is 0.0658. The normalized spacial score (nSPS) is 20.2. The molecule has 1 N–H and O–H groups in total. The molecule has 1 aromatic rings. The smallest absolute Gasteiger partial charge is 0.119 e. The van der Waals surface area contributed by atoms with E-state index in [2.05, 4.69) is 42.3 Å². The highest BCUT2D eigenvalue weighted by Gasteiger charge is 2.14. The first kappa shape index (κ1) is 16.3. The van der Waals surface area contributed by atoms with Crippen molar-refractivity contribution in [3.8, 4) is 5.75 Å². The molecule has 21 heavy (non-hydrogen) atoms. The molecule has 0 bridgehead atoms. The summed E-state index contributed by atoms with van der Waals surface area (Å²) in [6.07, 6.45) is 1.44. The van der Waals surface area contributed by atoms with Gasteiger partial charge >= 0.3 is 0 Å². The molecule has 1 heterocycles. The monoisotopic (exact) mass is 292 g/mol. The molecule has 0 radical (unpaired) electrons. The summed E-state index contributed by atoms with van der Waals surface area (Å²) in [7, 11) is 0. The Bertz CT molecular complexity index is 412. The molecule has 1 aliphatic rings. The number of nitrogens with zero attached hydrogens (tertiary/aromatic N) is 1. The molecular formula is C17H28N2O2. The van der Waals surface area contributed by atoms with Gasteiger partial charge in [0.05, 0.1) is 6.10 Å². The Morgan fingerprint density at radius 2 is 2.33 bits per heavy atom. The molecule has 0 spiro atoms. The summed E-state index contributed by atoms with van der Waals surface area (Å²) in [6, 6.07) is 8.34. The molecule has 4 heteroatoms. The van der Waals surface area contributed by atoms with Gasteiger partial charge in [-0.1, -0.05) is 19.1 Å². The van der Waals surface area contributed by atoms with E-state index in [0.29, 0.717) is 6.10 Å². The largest absolute Gasteiger partial charge is 0.492 e. The molecule has 4 nitrogen and oxygen atoms in total. The van der Waals surface area contributed by atoms with Gasteiger partial charge in [-0.15, -0.1) is 0 Å². The molecule has 2 rings (SSSR count). The first-order valence-corrected chi connectivity index (χ1v) is 8.04. The van der Waals surface area contributed by atoms with Crippen LogP contribution >= 0.6 is 0 Å². The SMILES string of the molecule is CCNCc1cccc(OCCN2CCCOC(C)C2)c1. The van der Waals surface area contributed by atoms with Gasteiger partial charge in [-0.25, -0.2) is 0 Å². The van der Waals surface area contributed by atoms with Gasteiger partial charge in [-0.3, -0.25) is 4.90 Å². The minimum atomic E-state index is 0.330. The Balaban J connectivity index is 1.74. The zero-order valence-corrected chi connectivity index (χ0v) is 13.3. The predicted octanol–water partition coefficient (Wildman–Crippen LogP) is 2.29. The van der Waals surface area contributed by atoms with Crippen molar-refractivity contribution in [3.63, 3.8) is 0 Å². The fourth-order valence-electron chi connectivity index (χ4n) is 2.59. The lowest BCUT2D eigenvalue weighted by atomic mass is 10.2. The van der Waals surface area contributed by atoms with Gasteiger partial charge in [0.25, 0.3) is 0 Å². The van der Waals surface area contributed by atoms with E-state index in [0.717, 1.165) is 58.1 Å². The fraction of sp³-hybridized carbons (Fsp3) is 0.647. The lowest BCUT2D eigenvalue weighted by Crippen LogP contribution is -2.33. The van der Waals surface area contributed by atoms with Crippen molar-refractivity contribution in [1.82, 2.24) is 10.2 Å². The van der Waals surface area contributed by atoms with E-state index in [9.17, 15) is 0 Å². The zero-order chi connectivity index (χ0) is 14.9. The van der Waals surface area contributed by atoms with Crippen LogP contribution in [0.1, 0.15) is 25.8 Å². The van der Waals surface area contributed by atoms with Crippen molar-refractivity contribution in [1.29, 1.82) is 0 Å². The molecule has 0 aromatic heterocycles. The van der Waals surface area contributed by atoms with Gasteiger partial charge in [-0.05, 0) is 37.6 Å². The summed E-state index contributed by atoms with van der Waals surface area (Å²) in [6.45, 7) is 10.8. The number of ether oxygens (including phenoxy) is 2. The molecule has 0 amide bonds. The first-order valence-electron chi connectivity index (χ1n) is 8.04. The van der Waals surface area contributed by atoms with Crippen LogP contribution in [0.2, 0.25) is 0 Å². The number of rotatable bonds is 7.